The van der Waals surface area contributed by atoms with E-state index < -0.39 is 0 Å². The molecule has 0 amide bonds. The van der Waals surface area contributed by atoms with Gasteiger partial charge in [0.25, 0.3) is 0 Å². The smallest absolute Gasteiger partial charge is 0.162 e. The van der Waals surface area contributed by atoms with Crippen molar-refractivity contribution in [3.63, 3.8) is 0 Å². The van der Waals surface area contributed by atoms with Gasteiger partial charge in [0, 0.05) is 21.6 Å². The molecule has 3 N–H and O–H groups in total. The molecule has 0 bridgehead atoms. The minimum absolute atomic E-state index is 0.107. The van der Waals surface area contributed by atoms with E-state index >= 15 is 0 Å². The fraction of sp³-hybridized carbons (Fsp3) is 0.143. The Hall–Kier alpha value is -1.39. The standard InChI is InChI=1S/C14H13BrClNO2/c1-8-5-10(15)12(6-11(8)16)17-7-9-3-2-4-13(18)14(9)19/h2-6,17-19H,7H2,1H3. The van der Waals surface area contributed by atoms with E-state index in [2.05, 4.69) is 21.2 Å². The van der Waals surface area contributed by atoms with Crippen molar-refractivity contribution < 1.29 is 10.2 Å². The first-order chi connectivity index (χ1) is 8.99. The Morgan fingerprint density at radius 1 is 1.26 bits per heavy atom. The Labute approximate surface area is 125 Å². The molecular weight excluding hydrogens is 330 g/mol. The molecule has 100 valence electrons. The number of aryl methyl sites for hydroxylation is 1. The van der Waals surface area contributed by atoms with Crippen LogP contribution in [0.2, 0.25) is 5.02 Å². The Balaban J connectivity index is 2.19. The SMILES string of the molecule is Cc1cc(Br)c(NCc2cccc(O)c2O)cc1Cl. The fourth-order valence-electron chi connectivity index (χ4n) is 1.69. The van der Waals surface area contributed by atoms with Crippen LogP contribution in [0.25, 0.3) is 0 Å². The van der Waals surface area contributed by atoms with E-state index in [9.17, 15) is 10.2 Å². The molecule has 0 fully saturated rings. The van der Waals surface area contributed by atoms with Crippen LogP contribution in [0.15, 0.2) is 34.8 Å². The highest BCUT2D eigenvalue weighted by atomic mass is 79.9. The first-order valence-electron chi connectivity index (χ1n) is 5.68. The van der Waals surface area contributed by atoms with Crippen LogP contribution in [0.4, 0.5) is 5.69 Å². The summed E-state index contributed by atoms with van der Waals surface area (Å²) in [6.07, 6.45) is 0. The largest absolute Gasteiger partial charge is 0.504 e. The van der Waals surface area contributed by atoms with E-state index in [4.69, 9.17) is 11.6 Å². The predicted octanol–water partition coefficient (Wildman–Crippen LogP) is 4.43. The molecule has 0 unspecified atom stereocenters. The van der Waals surface area contributed by atoms with Crippen molar-refractivity contribution in [3.8, 4) is 11.5 Å². The Morgan fingerprint density at radius 3 is 2.74 bits per heavy atom. The second-order valence-corrected chi connectivity index (χ2v) is 5.48. The van der Waals surface area contributed by atoms with Crippen molar-refractivity contribution in [1.82, 2.24) is 0 Å². The average molecular weight is 343 g/mol. The molecule has 0 heterocycles. The third-order valence-corrected chi connectivity index (χ3v) is 3.88. The van der Waals surface area contributed by atoms with Crippen molar-refractivity contribution in [3.05, 3.63) is 51.0 Å². The molecule has 0 saturated carbocycles. The lowest BCUT2D eigenvalue weighted by Crippen LogP contribution is -2.00. The monoisotopic (exact) mass is 341 g/mol. The number of phenolic OH excluding ortho intramolecular Hbond substituents is 2. The van der Waals surface area contributed by atoms with Gasteiger partial charge >= 0.3 is 0 Å². The zero-order valence-corrected chi connectivity index (χ0v) is 12.6. The first-order valence-corrected chi connectivity index (χ1v) is 6.85. The number of benzene rings is 2. The van der Waals surface area contributed by atoms with Crippen LogP contribution >= 0.6 is 27.5 Å². The van der Waals surface area contributed by atoms with Gasteiger partial charge in [-0.05, 0) is 46.6 Å². The number of halogens is 2. The molecule has 0 radical (unpaired) electrons. The van der Waals surface area contributed by atoms with Crippen LogP contribution in [0, 0.1) is 6.92 Å². The second-order valence-electron chi connectivity index (χ2n) is 4.22. The molecule has 19 heavy (non-hydrogen) atoms. The summed E-state index contributed by atoms with van der Waals surface area (Å²) in [5.74, 6) is -0.232. The number of aromatic hydroxyl groups is 2. The maximum absolute atomic E-state index is 9.72. The molecule has 2 aromatic rings. The molecular formula is C14H13BrClNO2. The maximum atomic E-state index is 9.72. The summed E-state index contributed by atoms with van der Waals surface area (Å²) in [5.41, 5.74) is 2.43. The van der Waals surface area contributed by atoms with Crippen LogP contribution in [-0.4, -0.2) is 10.2 Å². The van der Waals surface area contributed by atoms with Crippen LogP contribution < -0.4 is 5.32 Å². The van der Waals surface area contributed by atoms with Gasteiger partial charge in [0.2, 0.25) is 0 Å². The summed E-state index contributed by atoms with van der Waals surface area (Å²) < 4.78 is 0.897. The third-order valence-electron chi connectivity index (χ3n) is 2.82. The van der Waals surface area contributed by atoms with Crippen molar-refractivity contribution in [2.45, 2.75) is 13.5 Å². The maximum Gasteiger partial charge on any atom is 0.162 e. The van der Waals surface area contributed by atoms with Gasteiger partial charge in [-0.2, -0.15) is 0 Å². The summed E-state index contributed by atoms with van der Waals surface area (Å²) in [5, 5.41) is 23.0. The second kappa shape index (κ2) is 5.72. The zero-order chi connectivity index (χ0) is 14.0. The van der Waals surface area contributed by atoms with Crippen molar-refractivity contribution in [2.24, 2.45) is 0 Å². The number of para-hydroxylation sites is 1. The highest BCUT2D eigenvalue weighted by molar-refractivity contribution is 9.10. The number of nitrogens with one attached hydrogen (secondary N) is 1. The summed E-state index contributed by atoms with van der Waals surface area (Å²) in [6.45, 7) is 2.32. The van der Waals surface area contributed by atoms with E-state index in [1.54, 1.807) is 12.1 Å². The number of hydrogen-bond acceptors (Lipinski definition) is 3. The van der Waals surface area contributed by atoms with Gasteiger partial charge in [-0.15, -0.1) is 0 Å². The molecule has 0 aliphatic rings. The molecule has 2 rings (SSSR count). The molecule has 0 aromatic heterocycles. The lowest BCUT2D eigenvalue weighted by molar-refractivity contribution is 0.400. The summed E-state index contributed by atoms with van der Waals surface area (Å²) in [4.78, 5) is 0. The number of hydrogen-bond donors (Lipinski definition) is 3. The van der Waals surface area contributed by atoms with Gasteiger partial charge in [-0.25, -0.2) is 0 Å². The number of phenols is 2. The highest BCUT2D eigenvalue weighted by Gasteiger charge is 2.08. The van der Waals surface area contributed by atoms with Gasteiger partial charge in [-0.3, -0.25) is 0 Å². The van der Waals surface area contributed by atoms with Gasteiger partial charge in [0.1, 0.15) is 0 Å². The minimum atomic E-state index is -0.125. The van der Waals surface area contributed by atoms with Crippen molar-refractivity contribution in [2.75, 3.05) is 5.32 Å². The van der Waals surface area contributed by atoms with Gasteiger partial charge in [-0.1, -0.05) is 23.7 Å². The van der Waals surface area contributed by atoms with Gasteiger partial charge in [0.15, 0.2) is 11.5 Å². The number of anilines is 1. The molecule has 0 saturated heterocycles. The number of rotatable bonds is 3. The van der Waals surface area contributed by atoms with Gasteiger partial charge < -0.3 is 15.5 Å². The minimum Gasteiger partial charge on any atom is -0.504 e. The quantitative estimate of drug-likeness (QED) is 0.723. The summed E-state index contributed by atoms with van der Waals surface area (Å²) in [7, 11) is 0. The molecule has 5 heteroatoms. The van der Waals surface area contributed by atoms with E-state index in [1.807, 2.05) is 19.1 Å². The molecule has 0 spiro atoms. The topological polar surface area (TPSA) is 52.5 Å². The Kier molecular flexibility index (Phi) is 4.22. The summed E-state index contributed by atoms with van der Waals surface area (Å²) in [6, 6.07) is 8.61. The molecule has 2 aromatic carbocycles. The van der Waals surface area contributed by atoms with Crippen LogP contribution in [-0.2, 0) is 6.54 Å². The third kappa shape index (κ3) is 3.14. The average Bonchev–Trinajstić information content (AvgIpc) is 2.37. The Bertz CT molecular complexity index is 617. The lowest BCUT2D eigenvalue weighted by Gasteiger charge is -2.12. The lowest BCUT2D eigenvalue weighted by atomic mass is 10.1. The van der Waals surface area contributed by atoms with E-state index in [0.29, 0.717) is 17.1 Å². The van der Waals surface area contributed by atoms with Crippen LogP contribution in [0.1, 0.15) is 11.1 Å². The fourth-order valence-corrected chi connectivity index (χ4v) is 2.45. The normalized spacial score (nSPS) is 10.5. The molecule has 0 aliphatic carbocycles. The van der Waals surface area contributed by atoms with Crippen molar-refractivity contribution >= 4 is 33.2 Å². The molecule has 3 nitrogen and oxygen atoms in total. The zero-order valence-electron chi connectivity index (χ0n) is 10.2. The molecule has 0 aliphatic heterocycles. The predicted molar refractivity (Wildman–Crippen MR) is 81.0 cm³/mol. The van der Waals surface area contributed by atoms with Crippen molar-refractivity contribution in [1.29, 1.82) is 0 Å². The molecule has 0 atom stereocenters. The van der Waals surface area contributed by atoms with E-state index in [-0.39, 0.29) is 11.5 Å². The van der Waals surface area contributed by atoms with Crippen LogP contribution in [0.5, 0.6) is 11.5 Å². The van der Waals surface area contributed by atoms with E-state index in [0.717, 1.165) is 15.7 Å². The Morgan fingerprint density at radius 2 is 2.00 bits per heavy atom. The highest BCUT2D eigenvalue weighted by Crippen LogP contribution is 2.32. The van der Waals surface area contributed by atoms with E-state index in [1.165, 1.54) is 6.07 Å². The first kappa shape index (κ1) is 14.0. The van der Waals surface area contributed by atoms with Gasteiger partial charge in [0.05, 0.1) is 5.69 Å². The van der Waals surface area contributed by atoms with Crippen LogP contribution in [0.3, 0.4) is 0 Å². The summed E-state index contributed by atoms with van der Waals surface area (Å²) >= 11 is 9.53.